The smallest absolute Gasteiger partial charge is 0.391 e. The molecule has 3 nitrogen and oxygen atoms in total. The van der Waals surface area contributed by atoms with Crippen molar-refractivity contribution in [1.29, 1.82) is 0 Å². The van der Waals surface area contributed by atoms with Gasteiger partial charge in [0.15, 0.2) is 6.10 Å². The molecule has 0 spiro atoms. The molecule has 1 unspecified atom stereocenters. The van der Waals surface area contributed by atoms with Crippen molar-refractivity contribution in [3.63, 3.8) is 0 Å². The van der Waals surface area contributed by atoms with Crippen LogP contribution in [-0.4, -0.2) is 32.0 Å². The van der Waals surface area contributed by atoms with Crippen LogP contribution in [0.15, 0.2) is 0 Å². The maximum atomic E-state index is 11.8. The van der Waals surface area contributed by atoms with Crippen LogP contribution in [0.25, 0.3) is 0 Å². The Hall–Kier alpha value is -0.780. The first-order valence-electron chi connectivity index (χ1n) is 5.17. The number of hydrogen-bond donors (Lipinski definition) is 0. The maximum Gasteiger partial charge on any atom is 0.391 e. The molecule has 0 aliphatic rings. The number of methoxy groups -OCH3 is 1. The Labute approximate surface area is 92.9 Å². The number of unbranched alkanes of at least 4 members (excludes halogenated alkanes) is 1. The van der Waals surface area contributed by atoms with Gasteiger partial charge in [0.2, 0.25) is 0 Å². The molecule has 0 N–H and O–H groups in total. The van der Waals surface area contributed by atoms with Gasteiger partial charge in [0.25, 0.3) is 0 Å². The van der Waals surface area contributed by atoms with Gasteiger partial charge in [-0.05, 0) is 6.42 Å². The standard InChI is InChI=1S/C10H17F3O3/c1-3-4-5-8(9(14)15-2)16-7-6-10(11,12)13/h8H,3-7H2,1-2H3. The van der Waals surface area contributed by atoms with E-state index in [1.54, 1.807) is 0 Å². The van der Waals surface area contributed by atoms with Gasteiger partial charge in [0, 0.05) is 0 Å². The monoisotopic (exact) mass is 242 g/mol. The van der Waals surface area contributed by atoms with E-state index in [1.807, 2.05) is 6.92 Å². The van der Waals surface area contributed by atoms with E-state index < -0.39 is 31.3 Å². The molecular formula is C10H17F3O3. The zero-order valence-corrected chi connectivity index (χ0v) is 9.47. The Morgan fingerprint density at radius 1 is 1.38 bits per heavy atom. The molecule has 16 heavy (non-hydrogen) atoms. The molecule has 0 radical (unpaired) electrons. The van der Waals surface area contributed by atoms with Crippen LogP contribution < -0.4 is 0 Å². The summed E-state index contributed by atoms with van der Waals surface area (Å²) in [5, 5.41) is 0. The molecule has 0 heterocycles. The molecule has 0 aromatic carbocycles. The molecular weight excluding hydrogens is 225 g/mol. The van der Waals surface area contributed by atoms with Gasteiger partial charge in [-0.3, -0.25) is 0 Å². The van der Waals surface area contributed by atoms with Gasteiger partial charge in [-0.15, -0.1) is 0 Å². The average molecular weight is 242 g/mol. The lowest BCUT2D eigenvalue weighted by Gasteiger charge is -2.15. The van der Waals surface area contributed by atoms with Gasteiger partial charge in [0.05, 0.1) is 20.1 Å². The van der Waals surface area contributed by atoms with Crippen molar-refractivity contribution in [3.05, 3.63) is 0 Å². The van der Waals surface area contributed by atoms with Gasteiger partial charge in [0.1, 0.15) is 0 Å². The van der Waals surface area contributed by atoms with E-state index >= 15 is 0 Å². The minimum Gasteiger partial charge on any atom is -0.467 e. The van der Waals surface area contributed by atoms with E-state index in [2.05, 4.69) is 4.74 Å². The molecule has 1 atom stereocenters. The number of alkyl halides is 3. The van der Waals surface area contributed by atoms with E-state index in [0.717, 1.165) is 6.42 Å². The predicted octanol–water partition coefficient (Wildman–Crippen LogP) is 2.69. The first-order chi connectivity index (χ1) is 7.40. The second-order valence-corrected chi connectivity index (χ2v) is 3.39. The van der Waals surface area contributed by atoms with E-state index in [0.29, 0.717) is 12.8 Å². The van der Waals surface area contributed by atoms with Crippen LogP contribution in [-0.2, 0) is 14.3 Å². The van der Waals surface area contributed by atoms with Crippen LogP contribution in [0.1, 0.15) is 32.6 Å². The fourth-order valence-electron chi connectivity index (χ4n) is 1.11. The van der Waals surface area contributed by atoms with E-state index in [-0.39, 0.29) is 0 Å². The quantitative estimate of drug-likeness (QED) is 0.644. The van der Waals surface area contributed by atoms with Crippen LogP contribution in [0.4, 0.5) is 13.2 Å². The van der Waals surface area contributed by atoms with Crippen LogP contribution in [0.3, 0.4) is 0 Å². The van der Waals surface area contributed by atoms with E-state index in [1.165, 1.54) is 7.11 Å². The van der Waals surface area contributed by atoms with Crippen LogP contribution >= 0.6 is 0 Å². The number of esters is 1. The predicted molar refractivity (Wildman–Crippen MR) is 52.0 cm³/mol. The second-order valence-electron chi connectivity index (χ2n) is 3.39. The molecule has 0 bridgehead atoms. The zero-order chi connectivity index (χ0) is 12.6. The molecule has 0 fully saturated rings. The van der Waals surface area contributed by atoms with Gasteiger partial charge >= 0.3 is 12.1 Å². The van der Waals surface area contributed by atoms with Gasteiger partial charge in [-0.1, -0.05) is 19.8 Å². The Balaban J connectivity index is 3.96. The van der Waals surface area contributed by atoms with Crippen molar-refractivity contribution in [1.82, 2.24) is 0 Å². The van der Waals surface area contributed by atoms with Crippen molar-refractivity contribution < 1.29 is 27.4 Å². The Kier molecular flexibility index (Phi) is 7.12. The normalized spacial score (nSPS) is 13.6. The molecule has 0 saturated carbocycles. The number of carbonyl (C=O) groups is 1. The zero-order valence-electron chi connectivity index (χ0n) is 9.47. The van der Waals surface area contributed by atoms with Crippen LogP contribution in [0.5, 0.6) is 0 Å². The highest BCUT2D eigenvalue weighted by Crippen LogP contribution is 2.20. The SMILES string of the molecule is CCCCC(OCCC(F)(F)F)C(=O)OC. The van der Waals surface area contributed by atoms with Gasteiger partial charge in [-0.25, -0.2) is 4.79 Å². The summed E-state index contributed by atoms with van der Waals surface area (Å²) in [4.78, 5) is 11.1. The third kappa shape index (κ3) is 7.50. The fourth-order valence-corrected chi connectivity index (χ4v) is 1.11. The average Bonchev–Trinajstić information content (AvgIpc) is 2.20. The molecule has 0 rings (SSSR count). The van der Waals surface area contributed by atoms with E-state index in [9.17, 15) is 18.0 Å². The Bertz CT molecular complexity index is 204. The number of carbonyl (C=O) groups excluding carboxylic acids is 1. The number of ether oxygens (including phenoxy) is 2. The number of halogens is 3. The van der Waals surface area contributed by atoms with Gasteiger partial charge < -0.3 is 9.47 Å². The minimum atomic E-state index is -4.26. The Morgan fingerprint density at radius 3 is 2.44 bits per heavy atom. The molecule has 6 heteroatoms. The van der Waals surface area contributed by atoms with Crippen molar-refractivity contribution in [2.45, 2.75) is 44.9 Å². The molecule has 0 saturated heterocycles. The first-order valence-corrected chi connectivity index (χ1v) is 5.17. The highest BCUT2D eigenvalue weighted by atomic mass is 19.4. The first kappa shape index (κ1) is 15.2. The highest BCUT2D eigenvalue weighted by molar-refractivity contribution is 5.74. The lowest BCUT2D eigenvalue weighted by Crippen LogP contribution is -2.27. The minimum absolute atomic E-state index is 0.390. The largest absolute Gasteiger partial charge is 0.467 e. The molecule has 0 aromatic rings. The molecule has 0 amide bonds. The van der Waals surface area contributed by atoms with Crippen molar-refractivity contribution in [2.75, 3.05) is 13.7 Å². The Morgan fingerprint density at radius 2 is 2.00 bits per heavy atom. The number of rotatable bonds is 7. The summed E-state index contributed by atoms with van der Waals surface area (Å²) in [5.41, 5.74) is 0. The molecule has 96 valence electrons. The third-order valence-corrected chi connectivity index (χ3v) is 1.99. The molecule has 0 aliphatic carbocycles. The summed E-state index contributed by atoms with van der Waals surface area (Å²) in [6.45, 7) is 1.41. The fraction of sp³-hybridized carbons (Fsp3) is 0.900. The number of hydrogen-bond acceptors (Lipinski definition) is 3. The summed E-state index contributed by atoms with van der Waals surface area (Å²) < 4.78 is 44.9. The van der Waals surface area contributed by atoms with Crippen LogP contribution in [0, 0.1) is 0 Å². The summed E-state index contributed by atoms with van der Waals surface area (Å²) in [6, 6.07) is 0. The topological polar surface area (TPSA) is 35.5 Å². The maximum absolute atomic E-state index is 11.8. The highest BCUT2D eigenvalue weighted by Gasteiger charge is 2.28. The van der Waals surface area contributed by atoms with Crippen molar-refractivity contribution in [2.24, 2.45) is 0 Å². The lowest BCUT2D eigenvalue weighted by atomic mass is 10.1. The van der Waals surface area contributed by atoms with Crippen LogP contribution in [0.2, 0.25) is 0 Å². The lowest BCUT2D eigenvalue weighted by molar-refractivity contribution is -0.166. The van der Waals surface area contributed by atoms with Gasteiger partial charge in [-0.2, -0.15) is 13.2 Å². The summed E-state index contributed by atoms with van der Waals surface area (Å²) >= 11 is 0. The summed E-state index contributed by atoms with van der Waals surface area (Å²) in [5.74, 6) is -0.615. The molecule has 0 aliphatic heterocycles. The van der Waals surface area contributed by atoms with Crippen molar-refractivity contribution >= 4 is 5.97 Å². The second kappa shape index (κ2) is 7.49. The summed E-state index contributed by atoms with van der Waals surface area (Å²) in [7, 11) is 1.19. The van der Waals surface area contributed by atoms with Crippen molar-refractivity contribution in [3.8, 4) is 0 Å². The third-order valence-electron chi connectivity index (χ3n) is 1.99. The summed E-state index contributed by atoms with van der Waals surface area (Å²) in [6.07, 6.45) is -4.24. The molecule has 0 aromatic heterocycles. The van der Waals surface area contributed by atoms with E-state index in [4.69, 9.17) is 4.74 Å².